The zero-order valence-corrected chi connectivity index (χ0v) is 15.1. The summed E-state index contributed by atoms with van der Waals surface area (Å²) in [6.45, 7) is 0. The van der Waals surface area contributed by atoms with Crippen LogP contribution in [-0.4, -0.2) is 11.7 Å². The standard InChI is InChI=1S/C16H13Br2NOS/c17-11-7-10(8-12(18)9-11)16(20)19-14-5-6-21-15-4-2-1-3-13(14)15/h1-4,7-9,14H,5-6H2,(H,19,20). The van der Waals surface area contributed by atoms with Gasteiger partial charge in [0.1, 0.15) is 0 Å². The average Bonchev–Trinajstić information content (AvgIpc) is 2.46. The summed E-state index contributed by atoms with van der Waals surface area (Å²) in [6.07, 6.45) is 0.961. The van der Waals surface area contributed by atoms with Crippen molar-refractivity contribution in [2.24, 2.45) is 0 Å². The van der Waals surface area contributed by atoms with Crippen LogP contribution in [0.4, 0.5) is 0 Å². The number of halogens is 2. The molecule has 2 aromatic rings. The van der Waals surface area contributed by atoms with E-state index in [0.29, 0.717) is 5.56 Å². The van der Waals surface area contributed by atoms with E-state index >= 15 is 0 Å². The molecule has 0 fully saturated rings. The van der Waals surface area contributed by atoms with Gasteiger partial charge in [0.25, 0.3) is 5.91 Å². The second kappa shape index (κ2) is 6.55. The molecule has 0 aromatic heterocycles. The van der Waals surface area contributed by atoms with Crippen LogP contribution in [0.5, 0.6) is 0 Å². The van der Waals surface area contributed by atoms with E-state index in [-0.39, 0.29) is 11.9 Å². The molecule has 0 saturated heterocycles. The number of carbonyl (C=O) groups is 1. The van der Waals surface area contributed by atoms with Crippen LogP contribution in [0.2, 0.25) is 0 Å². The summed E-state index contributed by atoms with van der Waals surface area (Å²) < 4.78 is 1.78. The van der Waals surface area contributed by atoms with E-state index in [2.05, 4.69) is 49.3 Å². The lowest BCUT2D eigenvalue weighted by molar-refractivity contribution is 0.0935. The molecule has 0 spiro atoms. The van der Waals surface area contributed by atoms with Gasteiger partial charge in [0.05, 0.1) is 6.04 Å². The molecule has 1 amide bonds. The van der Waals surface area contributed by atoms with E-state index in [9.17, 15) is 4.79 Å². The van der Waals surface area contributed by atoms with Crippen molar-refractivity contribution in [3.8, 4) is 0 Å². The predicted molar refractivity (Wildman–Crippen MR) is 93.8 cm³/mol. The smallest absolute Gasteiger partial charge is 0.251 e. The molecule has 1 heterocycles. The summed E-state index contributed by atoms with van der Waals surface area (Å²) in [5, 5.41) is 3.15. The van der Waals surface area contributed by atoms with E-state index in [1.54, 1.807) is 0 Å². The maximum absolute atomic E-state index is 12.5. The Morgan fingerprint density at radius 2 is 1.86 bits per heavy atom. The first-order valence-corrected chi connectivity index (χ1v) is 9.19. The SMILES string of the molecule is O=C(NC1CCSc2ccccc21)c1cc(Br)cc(Br)c1. The highest BCUT2D eigenvalue weighted by atomic mass is 79.9. The number of thioether (sulfide) groups is 1. The fourth-order valence-corrected chi connectivity index (χ4v) is 4.84. The highest BCUT2D eigenvalue weighted by Gasteiger charge is 2.22. The summed E-state index contributed by atoms with van der Waals surface area (Å²) in [5.41, 5.74) is 1.88. The van der Waals surface area contributed by atoms with Crippen LogP contribution in [0.15, 0.2) is 56.3 Å². The Balaban J connectivity index is 1.82. The molecule has 3 rings (SSSR count). The average molecular weight is 427 g/mol. The zero-order chi connectivity index (χ0) is 14.8. The minimum Gasteiger partial charge on any atom is -0.345 e. The molecule has 0 radical (unpaired) electrons. The van der Waals surface area contributed by atoms with Gasteiger partial charge in [-0.05, 0) is 36.2 Å². The molecule has 5 heteroatoms. The second-order valence-corrected chi connectivity index (χ2v) is 7.83. The van der Waals surface area contributed by atoms with Crippen LogP contribution in [0, 0.1) is 0 Å². The molecule has 0 bridgehead atoms. The lowest BCUT2D eigenvalue weighted by atomic mass is 10.0. The first-order valence-electron chi connectivity index (χ1n) is 6.62. The van der Waals surface area contributed by atoms with Crippen LogP contribution in [0.3, 0.4) is 0 Å². The molecule has 1 unspecified atom stereocenters. The number of hydrogen-bond donors (Lipinski definition) is 1. The third-order valence-electron chi connectivity index (χ3n) is 3.39. The minimum atomic E-state index is -0.0382. The summed E-state index contributed by atoms with van der Waals surface area (Å²) in [4.78, 5) is 13.7. The van der Waals surface area contributed by atoms with Gasteiger partial charge in [0.2, 0.25) is 0 Å². The number of fused-ring (bicyclic) bond motifs is 1. The van der Waals surface area contributed by atoms with Crippen molar-refractivity contribution in [3.05, 3.63) is 62.5 Å². The van der Waals surface area contributed by atoms with Gasteiger partial charge in [-0.25, -0.2) is 0 Å². The van der Waals surface area contributed by atoms with Gasteiger partial charge >= 0.3 is 0 Å². The first kappa shape index (κ1) is 15.1. The predicted octanol–water partition coefficient (Wildman–Crippen LogP) is 5.18. The van der Waals surface area contributed by atoms with Crippen molar-refractivity contribution in [1.82, 2.24) is 5.32 Å². The molecule has 2 aromatic carbocycles. The largest absolute Gasteiger partial charge is 0.345 e. The highest BCUT2D eigenvalue weighted by Crippen LogP contribution is 2.36. The molecular weight excluding hydrogens is 414 g/mol. The van der Waals surface area contributed by atoms with Gasteiger partial charge in [-0.3, -0.25) is 4.79 Å². The molecule has 1 N–H and O–H groups in total. The van der Waals surface area contributed by atoms with Gasteiger partial charge < -0.3 is 5.32 Å². The highest BCUT2D eigenvalue weighted by molar-refractivity contribution is 9.11. The molecule has 1 aliphatic heterocycles. The summed E-state index contributed by atoms with van der Waals surface area (Å²) >= 11 is 8.69. The third kappa shape index (κ3) is 3.52. The Morgan fingerprint density at radius 3 is 2.62 bits per heavy atom. The van der Waals surface area contributed by atoms with E-state index in [0.717, 1.165) is 21.1 Å². The van der Waals surface area contributed by atoms with Crippen LogP contribution in [0.25, 0.3) is 0 Å². The van der Waals surface area contributed by atoms with E-state index < -0.39 is 0 Å². The Morgan fingerprint density at radius 1 is 1.14 bits per heavy atom. The number of hydrogen-bond acceptors (Lipinski definition) is 2. The molecule has 0 saturated carbocycles. The molecular formula is C16H13Br2NOS. The summed E-state index contributed by atoms with van der Waals surface area (Å²) in [5.74, 6) is 0.994. The van der Waals surface area contributed by atoms with Crippen LogP contribution in [-0.2, 0) is 0 Å². The zero-order valence-electron chi connectivity index (χ0n) is 11.1. The lowest BCUT2D eigenvalue weighted by Crippen LogP contribution is -2.30. The Labute approximate surface area is 145 Å². The number of rotatable bonds is 2. The van der Waals surface area contributed by atoms with Gasteiger partial charge in [-0.1, -0.05) is 50.1 Å². The lowest BCUT2D eigenvalue weighted by Gasteiger charge is -2.26. The van der Waals surface area contributed by atoms with Gasteiger partial charge in [-0.15, -0.1) is 11.8 Å². The van der Waals surface area contributed by atoms with Crippen molar-refractivity contribution >= 4 is 49.5 Å². The van der Waals surface area contributed by atoms with Crippen molar-refractivity contribution in [1.29, 1.82) is 0 Å². The Bertz CT molecular complexity index is 669. The summed E-state index contributed by atoms with van der Waals surface area (Å²) in [7, 11) is 0. The fourth-order valence-electron chi connectivity index (χ4n) is 2.42. The van der Waals surface area contributed by atoms with Gasteiger partial charge in [0, 0.05) is 25.2 Å². The monoisotopic (exact) mass is 425 g/mol. The summed E-state index contributed by atoms with van der Waals surface area (Å²) in [6, 6.07) is 14.0. The molecule has 2 nitrogen and oxygen atoms in total. The Kier molecular flexibility index (Phi) is 4.72. The molecule has 1 aliphatic rings. The third-order valence-corrected chi connectivity index (χ3v) is 5.43. The maximum Gasteiger partial charge on any atom is 0.251 e. The number of benzene rings is 2. The minimum absolute atomic E-state index is 0.0382. The van der Waals surface area contributed by atoms with Crippen molar-refractivity contribution < 1.29 is 4.79 Å². The first-order chi connectivity index (χ1) is 10.1. The fraction of sp³-hybridized carbons (Fsp3) is 0.188. The normalized spacial score (nSPS) is 17.1. The van der Waals surface area contributed by atoms with Crippen molar-refractivity contribution in [3.63, 3.8) is 0 Å². The quantitative estimate of drug-likeness (QED) is 0.716. The maximum atomic E-state index is 12.5. The molecule has 21 heavy (non-hydrogen) atoms. The van der Waals surface area contributed by atoms with Crippen LogP contribution >= 0.6 is 43.6 Å². The van der Waals surface area contributed by atoms with Crippen LogP contribution < -0.4 is 5.32 Å². The van der Waals surface area contributed by atoms with E-state index in [1.165, 1.54) is 10.5 Å². The Hall–Kier alpha value is -0.780. The van der Waals surface area contributed by atoms with Gasteiger partial charge in [0.15, 0.2) is 0 Å². The molecule has 1 atom stereocenters. The van der Waals surface area contributed by atoms with Gasteiger partial charge in [-0.2, -0.15) is 0 Å². The van der Waals surface area contributed by atoms with Crippen LogP contribution in [0.1, 0.15) is 28.4 Å². The topological polar surface area (TPSA) is 29.1 Å². The van der Waals surface area contributed by atoms with E-state index in [4.69, 9.17) is 0 Å². The second-order valence-electron chi connectivity index (χ2n) is 4.86. The number of amides is 1. The number of nitrogens with one attached hydrogen (secondary N) is 1. The van der Waals surface area contributed by atoms with Crippen molar-refractivity contribution in [2.45, 2.75) is 17.4 Å². The molecule has 0 aliphatic carbocycles. The molecule has 108 valence electrons. The number of carbonyl (C=O) groups excluding carboxylic acids is 1. The van der Waals surface area contributed by atoms with E-state index in [1.807, 2.05) is 42.1 Å². The van der Waals surface area contributed by atoms with Crippen molar-refractivity contribution in [2.75, 3.05) is 5.75 Å².